The Hall–Kier alpha value is -4.07. The molecule has 1 saturated heterocycles. The number of hydrogen-bond acceptors (Lipinski definition) is 6. The van der Waals surface area contributed by atoms with Crippen molar-refractivity contribution in [3.8, 4) is 11.5 Å². The quantitative estimate of drug-likeness (QED) is 0.182. The second kappa shape index (κ2) is 10.7. The molecule has 36 heavy (non-hydrogen) atoms. The van der Waals surface area contributed by atoms with Crippen molar-refractivity contribution in [1.82, 2.24) is 4.90 Å². The number of amides is 1. The molecular formula is C28H28FNO6. The van der Waals surface area contributed by atoms with Gasteiger partial charge >= 0.3 is 0 Å². The molecule has 8 heteroatoms. The third-order valence-electron chi connectivity index (χ3n) is 6.15. The number of benzene rings is 2. The average molecular weight is 494 g/mol. The summed E-state index contributed by atoms with van der Waals surface area (Å²) in [4.78, 5) is 27.7. The molecule has 0 radical (unpaired) electrons. The van der Waals surface area contributed by atoms with E-state index in [0.29, 0.717) is 35.0 Å². The van der Waals surface area contributed by atoms with Gasteiger partial charge in [-0.1, -0.05) is 31.5 Å². The number of unbranched alkanes of at least 4 members (excludes halogenated alkanes) is 1. The normalized spacial score (nSPS) is 17.0. The first-order chi connectivity index (χ1) is 17.3. The predicted molar refractivity (Wildman–Crippen MR) is 131 cm³/mol. The third-order valence-corrected chi connectivity index (χ3v) is 6.15. The lowest BCUT2D eigenvalue weighted by Crippen LogP contribution is -2.29. The molecule has 1 aromatic heterocycles. The highest BCUT2D eigenvalue weighted by Gasteiger charge is 2.46. The van der Waals surface area contributed by atoms with Crippen LogP contribution in [0.4, 0.5) is 4.39 Å². The maximum Gasteiger partial charge on any atom is 0.296 e. The molecule has 0 spiro atoms. The van der Waals surface area contributed by atoms with Crippen LogP contribution in [0.3, 0.4) is 0 Å². The van der Waals surface area contributed by atoms with Crippen LogP contribution in [0.2, 0.25) is 0 Å². The lowest BCUT2D eigenvalue weighted by atomic mass is 9.94. The molecule has 0 aliphatic carbocycles. The number of Topliss-reactive ketones (excluding diaryl/α,β-unsaturated/α-hetero) is 1. The molecule has 0 bridgehead atoms. The summed E-state index contributed by atoms with van der Waals surface area (Å²) in [5, 5.41) is 11.2. The Morgan fingerprint density at radius 2 is 1.94 bits per heavy atom. The fraction of sp³-hybridized carbons (Fsp3) is 0.286. The number of halogens is 1. The summed E-state index contributed by atoms with van der Waals surface area (Å²) in [6.07, 6.45) is 3.32. The van der Waals surface area contributed by atoms with E-state index in [9.17, 15) is 19.1 Å². The van der Waals surface area contributed by atoms with Crippen molar-refractivity contribution in [2.75, 3.05) is 13.7 Å². The lowest BCUT2D eigenvalue weighted by Gasteiger charge is -2.25. The maximum atomic E-state index is 14.3. The number of carbonyl (C=O) groups excluding carboxylic acids is 2. The molecule has 1 atom stereocenters. The monoisotopic (exact) mass is 493 g/mol. The second-order valence-electron chi connectivity index (χ2n) is 8.58. The van der Waals surface area contributed by atoms with Crippen molar-refractivity contribution in [2.24, 2.45) is 0 Å². The number of carbonyl (C=O) groups is 2. The minimum atomic E-state index is -0.960. The van der Waals surface area contributed by atoms with Gasteiger partial charge in [-0.2, -0.15) is 0 Å². The number of rotatable bonds is 9. The Morgan fingerprint density at radius 1 is 1.14 bits per heavy atom. The van der Waals surface area contributed by atoms with Crippen LogP contribution in [-0.2, 0) is 16.1 Å². The van der Waals surface area contributed by atoms with E-state index >= 15 is 0 Å². The molecule has 2 aromatic carbocycles. The molecule has 2 heterocycles. The first-order valence-electron chi connectivity index (χ1n) is 11.7. The number of ether oxygens (including phenoxy) is 2. The minimum absolute atomic E-state index is 0.00164. The van der Waals surface area contributed by atoms with E-state index in [1.807, 2.05) is 0 Å². The van der Waals surface area contributed by atoms with Crippen LogP contribution in [0.25, 0.3) is 5.76 Å². The van der Waals surface area contributed by atoms with Gasteiger partial charge in [-0.15, -0.1) is 0 Å². The van der Waals surface area contributed by atoms with Crippen LogP contribution in [0.5, 0.6) is 11.5 Å². The molecule has 4 rings (SSSR count). The largest absolute Gasteiger partial charge is 0.507 e. The van der Waals surface area contributed by atoms with Crippen LogP contribution in [0.15, 0.2) is 64.8 Å². The highest BCUT2D eigenvalue weighted by molar-refractivity contribution is 6.46. The SMILES string of the molecule is CCCCOc1ccc(C2/C(=C(/O)c3ccc(C)c(F)c3)C(=O)C(=O)N2Cc2ccco2)cc1OC. The zero-order valence-electron chi connectivity index (χ0n) is 20.4. The van der Waals surface area contributed by atoms with Crippen molar-refractivity contribution >= 4 is 17.4 Å². The highest BCUT2D eigenvalue weighted by Crippen LogP contribution is 2.42. The summed E-state index contributed by atoms with van der Waals surface area (Å²) in [6.45, 7) is 4.17. The number of likely N-dealkylation sites (tertiary alicyclic amines) is 1. The first-order valence-corrected chi connectivity index (χ1v) is 11.7. The van der Waals surface area contributed by atoms with Crippen molar-refractivity contribution < 1.29 is 33.0 Å². The predicted octanol–water partition coefficient (Wildman–Crippen LogP) is 5.54. The molecule has 3 aromatic rings. The molecule has 1 amide bonds. The molecule has 1 fully saturated rings. The average Bonchev–Trinajstić information content (AvgIpc) is 3.48. The van der Waals surface area contributed by atoms with E-state index < -0.39 is 29.3 Å². The number of ketones is 1. The Balaban J connectivity index is 1.84. The second-order valence-corrected chi connectivity index (χ2v) is 8.58. The summed E-state index contributed by atoms with van der Waals surface area (Å²) in [6, 6.07) is 11.7. The van der Waals surface area contributed by atoms with Crippen LogP contribution >= 0.6 is 0 Å². The molecule has 188 valence electrons. The van der Waals surface area contributed by atoms with Crippen molar-refractivity contribution in [1.29, 1.82) is 0 Å². The number of nitrogens with zero attached hydrogens (tertiary/aromatic N) is 1. The third kappa shape index (κ3) is 4.84. The summed E-state index contributed by atoms with van der Waals surface area (Å²) in [5.41, 5.74) is 0.876. The number of aliphatic hydroxyl groups is 1. The molecular weight excluding hydrogens is 465 g/mol. The van der Waals surface area contributed by atoms with Gasteiger partial charge in [0.1, 0.15) is 17.3 Å². The number of methoxy groups -OCH3 is 1. The number of furan rings is 1. The van der Waals surface area contributed by atoms with E-state index in [2.05, 4.69) is 6.92 Å². The van der Waals surface area contributed by atoms with Crippen molar-refractivity contribution in [3.63, 3.8) is 0 Å². The Kier molecular flexibility index (Phi) is 7.43. The van der Waals surface area contributed by atoms with Gasteiger partial charge in [0.2, 0.25) is 0 Å². The fourth-order valence-electron chi connectivity index (χ4n) is 4.16. The maximum absolute atomic E-state index is 14.3. The molecule has 7 nitrogen and oxygen atoms in total. The van der Waals surface area contributed by atoms with Gasteiger partial charge in [0.25, 0.3) is 11.7 Å². The summed E-state index contributed by atoms with van der Waals surface area (Å²) in [5.74, 6) is -1.24. The van der Waals surface area contributed by atoms with E-state index in [1.54, 1.807) is 37.3 Å². The van der Waals surface area contributed by atoms with Crippen LogP contribution in [0.1, 0.15) is 48.3 Å². The number of hydrogen-bond donors (Lipinski definition) is 1. The number of aryl methyl sites for hydroxylation is 1. The van der Waals surface area contributed by atoms with Gasteiger partial charge in [-0.3, -0.25) is 9.59 Å². The summed E-state index contributed by atoms with van der Waals surface area (Å²) < 4.78 is 31.0. The minimum Gasteiger partial charge on any atom is -0.507 e. The van der Waals surface area contributed by atoms with Gasteiger partial charge in [0, 0.05) is 5.56 Å². The van der Waals surface area contributed by atoms with Crippen molar-refractivity contribution in [3.05, 3.63) is 88.6 Å². The van der Waals surface area contributed by atoms with E-state index in [1.165, 1.54) is 30.4 Å². The fourth-order valence-corrected chi connectivity index (χ4v) is 4.16. The molecule has 0 saturated carbocycles. The summed E-state index contributed by atoms with van der Waals surface area (Å²) >= 11 is 0. The highest BCUT2D eigenvalue weighted by atomic mass is 19.1. The van der Waals surface area contributed by atoms with E-state index in [4.69, 9.17) is 13.9 Å². The first kappa shape index (κ1) is 25.0. The molecule has 1 unspecified atom stereocenters. The van der Waals surface area contributed by atoms with Gasteiger partial charge in [0.05, 0.1) is 38.1 Å². The van der Waals surface area contributed by atoms with Crippen LogP contribution in [0, 0.1) is 12.7 Å². The standard InChI is InChI=1S/C28H28FNO6/c1-4-5-12-36-22-11-10-18(15-23(22)34-3)25-24(26(31)19-9-8-17(2)21(29)14-19)27(32)28(33)30(25)16-20-7-6-13-35-20/h6-11,13-15,25,31H,4-5,12,16H2,1-3H3/b26-24-. The summed E-state index contributed by atoms with van der Waals surface area (Å²) in [7, 11) is 1.50. The zero-order valence-corrected chi connectivity index (χ0v) is 20.4. The molecule has 1 aliphatic rings. The lowest BCUT2D eigenvalue weighted by molar-refractivity contribution is -0.140. The molecule has 1 N–H and O–H groups in total. The van der Waals surface area contributed by atoms with E-state index in [-0.39, 0.29) is 17.7 Å². The topological polar surface area (TPSA) is 89.2 Å². The number of aliphatic hydroxyl groups excluding tert-OH is 1. The Morgan fingerprint density at radius 3 is 2.61 bits per heavy atom. The van der Waals surface area contributed by atoms with E-state index in [0.717, 1.165) is 18.9 Å². The zero-order chi connectivity index (χ0) is 25.8. The van der Waals surface area contributed by atoms with Crippen LogP contribution in [-0.4, -0.2) is 35.4 Å². The van der Waals surface area contributed by atoms with Gasteiger partial charge in [0.15, 0.2) is 11.5 Å². The smallest absolute Gasteiger partial charge is 0.296 e. The van der Waals surface area contributed by atoms with Crippen molar-refractivity contribution in [2.45, 2.75) is 39.3 Å². The van der Waals surface area contributed by atoms with Crippen LogP contribution < -0.4 is 9.47 Å². The molecule has 1 aliphatic heterocycles. The van der Waals surface area contributed by atoms with Gasteiger partial charge in [-0.25, -0.2) is 4.39 Å². The van der Waals surface area contributed by atoms with Gasteiger partial charge < -0.3 is 23.9 Å². The Bertz CT molecular complexity index is 1300. The Labute approximate surface area is 208 Å². The van der Waals surface area contributed by atoms with Gasteiger partial charge in [-0.05, 0) is 54.8 Å².